The first-order valence-corrected chi connectivity index (χ1v) is 8.19. The number of nitrogens with one attached hydrogen (secondary N) is 1. The van der Waals surface area contributed by atoms with Gasteiger partial charge in [-0.25, -0.2) is 9.59 Å². The van der Waals surface area contributed by atoms with Crippen LogP contribution in [0.15, 0.2) is 30.3 Å². The Morgan fingerprint density at radius 3 is 2.58 bits per heavy atom. The van der Waals surface area contributed by atoms with E-state index in [9.17, 15) is 14.7 Å². The van der Waals surface area contributed by atoms with Crippen LogP contribution < -0.4 is 5.32 Å². The summed E-state index contributed by atoms with van der Waals surface area (Å²) in [5, 5.41) is 12.1. The Bertz CT molecular complexity index is 562. The highest BCUT2D eigenvalue weighted by Crippen LogP contribution is 2.35. The SMILES string of the molecule is COC(=O)NC(C(=O)O)C1C[C@@H](C)O[C@H](C)C1Cc1ccccc1. The minimum absolute atomic E-state index is 0.0122. The van der Waals surface area contributed by atoms with Crippen LogP contribution in [-0.2, 0) is 20.7 Å². The molecule has 1 heterocycles. The number of carbonyl (C=O) groups is 2. The summed E-state index contributed by atoms with van der Waals surface area (Å²) in [6.07, 6.45) is 0.390. The molecule has 0 aliphatic carbocycles. The smallest absolute Gasteiger partial charge is 0.407 e. The second-order valence-electron chi connectivity index (χ2n) is 6.36. The number of aliphatic carboxylic acids is 1. The molecule has 132 valence electrons. The third-order valence-corrected chi connectivity index (χ3v) is 4.67. The van der Waals surface area contributed by atoms with Crippen molar-refractivity contribution in [1.29, 1.82) is 0 Å². The Morgan fingerprint density at radius 1 is 1.33 bits per heavy atom. The monoisotopic (exact) mass is 335 g/mol. The number of hydrogen-bond donors (Lipinski definition) is 2. The number of methoxy groups -OCH3 is 1. The van der Waals surface area contributed by atoms with E-state index in [-0.39, 0.29) is 24.0 Å². The molecule has 1 aliphatic rings. The van der Waals surface area contributed by atoms with Crippen molar-refractivity contribution < 1.29 is 24.2 Å². The van der Waals surface area contributed by atoms with Crippen molar-refractivity contribution in [2.75, 3.05) is 7.11 Å². The van der Waals surface area contributed by atoms with Gasteiger partial charge in [0.2, 0.25) is 0 Å². The predicted octanol–water partition coefficient (Wildman–Crippen LogP) is 2.47. The number of carboxylic acid groups (broad SMARTS) is 1. The van der Waals surface area contributed by atoms with Crippen molar-refractivity contribution in [3.63, 3.8) is 0 Å². The van der Waals surface area contributed by atoms with E-state index in [2.05, 4.69) is 10.1 Å². The second-order valence-corrected chi connectivity index (χ2v) is 6.36. The van der Waals surface area contributed by atoms with Crippen molar-refractivity contribution in [2.24, 2.45) is 11.8 Å². The Labute approximate surface area is 142 Å². The Balaban J connectivity index is 2.25. The Morgan fingerprint density at radius 2 is 2.00 bits per heavy atom. The van der Waals surface area contributed by atoms with Crippen LogP contribution in [0.1, 0.15) is 25.8 Å². The minimum atomic E-state index is -1.05. The lowest BCUT2D eigenvalue weighted by atomic mass is 9.74. The number of amides is 1. The van der Waals surface area contributed by atoms with Crippen LogP contribution >= 0.6 is 0 Å². The van der Waals surface area contributed by atoms with Gasteiger partial charge in [0.05, 0.1) is 19.3 Å². The summed E-state index contributed by atoms with van der Waals surface area (Å²) in [7, 11) is 1.23. The van der Waals surface area contributed by atoms with Crippen LogP contribution in [0, 0.1) is 11.8 Å². The number of benzene rings is 1. The quantitative estimate of drug-likeness (QED) is 0.863. The Hall–Kier alpha value is -2.08. The molecule has 0 bridgehead atoms. The van der Waals surface area contributed by atoms with E-state index in [1.165, 1.54) is 7.11 Å². The van der Waals surface area contributed by atoms with E-state index in [0.717, 1.165) is 5.56 Å². The lowest BCUT2D eigenvalue weighted by Crippen LogP contribution is -2.54. The summed E-state index contributed by atoms with van der Waals surface area (Å²) in [4.78, 5) is 23.3. The number of rotatable bonds is 5. The first-order chi connectivity index (χ1) is 11.4. The lowest BCUT2D eigenvalue weighted by molar-refractivity contribution is -0.147. The normalized spacial score (nSPS) is 28.0. The van der Waals surface area contributed by atoms with Gasteiger partial charge in [-0.3, -0.25) is 0 Å². The van der Waals surface area contributed by atoms with Gasteiger partial charge < -0.3 is 19.9 Å². The average molecular weight is 335 g/mol. The molecule has 6 heteroatoms. The molecule has 1 aliphatic heterocycles. The number of alkyl carbamates (subject to hydrolysis) is 1. The molecule has 0 spiro atoms. The fraction of sp³-hybridized carbons (Fsp3) is 0.556. The first-order valence-electron chi connectivity index (χ1n) is 8.19. The molecule has 1 amide bonds. The summed E-state index contributed by atoms with van der Waals surface area (Å²) in [6.45, 7) is 3.90. The molecule has 3 unspecified atom stereocenters. The first kappa shape index (κ1) is 18.3. The maximum Gasteiger partial charge on any atom is 0.407 e. The molecule has 5 atom stereocenters. The largest absolute Gasteiger partial charge is 0.480 e. The van der Waals surface area contributed by atoms with Crippen LogP contribution in [0.3, 0.4) is 0 Å². The van der Waals surface area contributed by atoms with E-state index in [1.54, 1.807) is 0 Å². The number of carboxylic acids is 1. The molecule has 0 saturated carbocycles. The highest BCUT2D eigenvalue weighted by molar-refractivity contribution is 5.80. The van der Waals surface area contributed by atoms with E-state index < -0.39 is 18.1 Å². The summed E-state index contributed by atoms with van der Waals surface area (Å²) in [5.74, 6) is -1.30. The molecule has 6 nitrogen and oxygen atoms in total. The van der Waals surface area contributed by atoms with Crippen LogP contribution in [0.5, 0.6) is 0 Å². The molecule has 1 saturated heterocycles. The van der Waals surface area contributed by atoms with Crippen molar-refractivity contribution in [2.45, 2.75) is 44.9 Å². The van der Waals surface area contributed by atoms with E-state index in [0.29, 0.717) is 12.8 Å². The maximum absolute atomic E-state index is 11.8. The van der Waals surface area contributed by atoms with Gasteiger partial charge in [0.15, 0.2) is 0 Å². The van der Waals surface area contributed by atoms with Gasteiger partial charge in [0.25, 0.3) is 0 Å². The zero-order valence-electron chi connectivity index (χ0n) is 14.3. The van der Waals surface area contributed by atoms with Crippen LogP contribution in [0.25, 0.3) is 0 Å². The molecule has 2 N–H and O–H groups in total. The van der Waals surface area contributed by atoms with Crippen molar-refractivity contribution >= 4 is 12.1 Å². The molecule has 24 heavy (non-hydrogen) atoms. The summed E-state index contributed by atoms with van der Waals surface area (Å²) in [6, 6.07) is 8.91. The predicted molar refractivity (Wildman–Crippen MR) is 88.7 cm³/mol. The number of hydrogen-bond acceptors (Lipinski definition) is 4. The van der Waals surface area contributed by atoms with Gasteiger partial charge in [-0.05, 0) is 44.1 Å². The van der Waals surface area contributed by atoms with Gasteiger partial charge in [-0.2, -0.15) is 0 Å². The molecule has 2 rings (SSSR count). The minimum Gasteiger partial charge on any atom is -0.480 e. The van der Waals surface area contributed by atoms with Crippen LogP contribution in [-0.4, -0.2) is 42.5 Å². The zero-order valence-corrected chi connectivity index (χ0v) is 14.3. The van der Waals surface area contributed by atoms with Crippen LogP contribution in [0.2, 0.25) is 0 Å². The molecule has 1 aromatic carbocycles. The van der Waals surface area contributed by atoms with Gasteiger partial charge >= 0.3 is 12.1 Å². The summed E-state index contributed by atoms with van der Waals surface area (Å²) < 4.78 is 10.5. The fourth-order valence-electron chi connectivity index (χ4n) is 3.55. The third kappa shape index (κ3) is 4.47. The van der Waals surface area contributed by atoms with Gasteiger partial charge in [-0.1, -0.05) is 30.3 Å². The van der Waals surface area contributed by atoms with Crippen molar-refractivity contribution in [3.05, 3.63) is 35.9 Å². The average Bonchev–Trinajstić information content (AvgIpc) is 2.55. The van der Waals surface area contributed by atoms with Gasteiger partial charge in [0, 0.05) is 0 Å². The highest BCUT2D eigenvalue weighted by Gasteiger charge is 2.42. The third-order valence-electron chi connectivity index (χ3n) is 4.67. The van der Waals surface area contributed by atoms with E-state index in [1.807, 2.05) is 44.2 Å². The molecule has 1 fully saturated rings. The summed E-state index contributed by atoms with van der Waals surface area (Å²) >= 11 is 0. The molecular weight excluding hydrogens is 310 g/mol. The zero-order chi connectivity index (χ0) is 17.7. The van der Waals surface area contributed by atoms with E-state index >= 15 is 0 Å². The number of carbonyl (C=O) groups excluding carboxylic acids is 1. The van der Waals surface area contributed by atoms with Gasteiger partial charge in [0.1, 0.15) is 6.04 Å². The topological polar surface area (TPSA) is 84.9 Å². The van der Waals surface area contributed by atoms with E-state index in [4.69, 9.17) is 4.74 Å². The lowest BCUT2D eigenvalue weighted by Gasteiger charge is -2.42. The number of ether oxygens (including phenoxy) is 2. The summed E-state index contributed by atoms with van der Waals surface area (Å²) in [5.41, 5.74) is 1.12. The van der Waals surface area contributed by atoms with Gasteiger partial charge in [-0.15, -0.1) is 0 Å². The molecular formula is C18H25NO5. The fourth-order valence-corrected chi connectivity index (χ4v) is 3.55. The van der Waals surface area contributed by atoms with Crippen LogP contribution in [0.4, 0.5) is 4.79 Å². The molecule has 1 aromatic rings. The maximum atomic E-state index is 11.8. The standard InChI is InChI=1S/C18H25NO5/c1-11-9-15(16(17(20)21)19-18(22)23-3)14(12(2)24-11)10-13-7-5-4-6-8-13/h4-8,11-12,14-16H,9-10H2,1-3H3,(H,19,22)(H,20,21)/t11-,12-,14?,15?,16?/m1/s1. The highest BCUT2D eigenvalue weighted by atomic mass is 16.5. The van der Waals surface area contributed by atoms with Crippen molar-refractivity contribution in [3.8, 4) is 0 Å². The molecule has 0 radical (unpaired) electrons. The Kier molecular flexibility index (Phi) is 6.20. The molecule has 0 aromatic heterocycles. The second kappa shape index (κ2) is 8.15. The van der Waals surface area contributed by atoms with Crippen molar-refractivity contribution in [1.82, 2.24) is 5.32 Å².